The summed E-state index contributed by atoms with van der Waals surface area (Å²) in [4.78, 5) is 20.7. The molecule has 0 aromatic rings. The maximum Gasteiger partial charge on any atom is 0.456 e. The summed E-state index contributed by atoms with van der Waals surface area (Å²) in [6.07, 6.45) is -8.94. The van der Waals surface area contributed by atoms with Gasteiger partial charge in [-0.1, -0.05) is 6.08 Å². The number of allylic oxidation sites excluding steroid dienone is 1. The molecule has 0 bridgehead atoms. The molecule has 0 aromatic heterocycles. The molecule has 0 rings (SSSR count). The molecule has 0 amide bonds. The van der Waals surface area contributed by atoms with Crippen molar-refractivity contribution in [3.63, 3.8) is 0 Å². The zero-order valence-electron chi connectivity index (χ0n) is 7.65. The standard InChI is InChI=1S/C8H6F6O2/c1-2-3-4(9)5(15)7(10,11)6(16)8(12,13)14/h2,4H,1,3H2. The van der Waals surface area contributed by atoms with Gasteiger partial charge in [0.05, 0.1) is 0 Å². The van der Waals surface area contributed by atoms with Gasteiger partial charge in [0.25, 0.3) is 0 Å². The molecule has 0 heterocycles. The van der Waals surface area contributed by atoms with E-state index in [0.29, 0.717) is 0 Å². The van der Waals surface area contributed by atoms with E-state index in [0.717, 1.165) is 6.08 Å². The molecule has 1 atom stereocenters. The van der Waals surface area contributed by atoms with Crippen LogP contribution in [-0.2, 0) is 9.59 Å². The molecular formula is C8H6F6O2. The third-order valence-electron chi connectivity index (χ3n) is 1.51. The van der Waals surface area contributed by atoms with Crippen LogP contribution < -0.4 is 0 Å². The lowest BCUT2D eigenvalue weighted by molar-refractivity contribution is -0.197. The van der Waals surface area contributed by atoms with Crippen molar-refractivity contribution in [1.82, 2.24) is 0 Å². The van der Waals surface area contributed by atoms with Crippen LogP contribution in [0.5, 0.6) is 0 Å². The van der Waals surface area contributed by atoms with E-state index in [9.17, 15) is 35.9 Å². The van der Waals surface area contributed by atoms with Crippen LogP contribution in [0.2, 0.25) is 0 Å². The van der Waals surface area contributed by atoms with Crippen molar-refractivity contribution in [2.75, 3.05) is 0 Å². The molecule has 0 aromatic carbocycles. The van der Waals surface area contributed by atoms with E-state index in [2.05, 4.69) is 6.58 Å². The van der Waals surface area contributed by atoms with Gasteiger partial charge in [0.1, 0.15) is 0 Å². The van der Waals surface area contributed by atoms with Crippen LogP contribution in [0, 0.1) is 0 Å². The minimum Gasteiger partial charge on any atom is -0.289 e. The predicted molar refractivity (Wildman–Crippen MR) is 40.7 cm³/mol. The minimum atomic E-state index is -5.90. The molecule has 2 nitrogen and oxygen atoms in total. The normalized spacial score (nSPS) is 14.4. The van der Waals surface area contributed by atoms with Crippen molar-refractivity contribution in [2.45, 2.75) is 24.7 Å². The highest BCUT2D eigenvalue weighted by atomic mass is 19.4. The lowest BCUT2D eigenvalue weighted by Crippen LogP contribution is -2.49. The summed E-state index contributed by atoms with van der Waals surface area (Å²) in [5.41, 5.74) is 0. The highest BCUT2D eigenvalue weighted by Gasteiger charge is 2.60. The zero-order valence-corrected chi connectivity index (χ0v) is 7.65. The molecule has 0 saturated heterocycles. The van der Waals surface area contributed by atoms with Gasteiger partial charge in [-0.3, -0.25) is 9.59 Å². The maximum atomic E-state index is 12.6. The van der Waals surface area contributed by atoms with Crippen molar-refractivity contribution in [3.8, 4) is 0 Å². The second kappa shape index (κ2) is 4.67. The number of hydrogen-bond acceptors (Lipinski definition) is 2. The summed E-state index contributed by atoms with van der Waals surface area (Å²) >= 11 is 0. The molecule has 1 unspecified atom stereocenters. The van der Waals surface area contributed by atoms with Gasteiger partial charge in [0.2, 0.25) is 5.78 Å². The Balaban J connectivity index is 4.99. The Bertz CT molecular complexity index is 306. The topological polar surface area (TPSA) is 34.1 Å². The first-order valence-corrected chi connectivity index (χ1v) is 3.83. The van der Waals surface area contributed by atoms with Crippen LogP contribution in [0.15, 0.2) is 12.7 Å². The molecule has 16 heavy (non-hydrogen) atoms. The summed E-state index contributed by atoms with van der Waals surface area (Å²) in [7, 11) is 0. The Labute approximate surface area is 85.9 Å². The summed E-state index contributed by atoms with van der Waals surface area (Å²) in [6.45, 7) is 2.91. The van der Waals surface area contributed by atoms with Gasteiger partial charge in [-0.05, 0) is 0 Å². The molecule has 92 valence electrons. The highest BCUT2D eigenvalue weighted by molar-refractivity contribution is 6.12. The number of Topliss-reactive ketones (excluding diaryl/α,β-unsaturated/α-hetero) is 2. The molecular weight excluding hydrogens is 242 g/mol. The van der Waals surface area contributed by atoms with Gasteiger partial charge >= 0.3 is 17.9 Å². The molecule has 0 saturated carbocycles. The molecule has 0 aliphatic heterocycles. The fourth-order valence-corrected chi connectivity index (χ4v) is 0.740. The summed E-state index contributed by atoms with van der Waals surface area (Å²) < 4.78 is 72.7. The molecule has 0 aliphatic rings. The Morgan fingerprint density at radius 3 is 1.94 bits per heavy atom. The van der Waals surface area contributed by atoms with E-state index in [-0.39, 0.29) is 0 Å². The molecule has 0 radical (unpaired) electrons. The van der Waals surface area contributed by atoms with E-state index in [1.165, 1.54) is 0 Å². The second-order valence-corrected chi connectivity index (χ2v) is 2.76. The van der Waals surface area contributed by atoms with Crippen LogP contribution in [0.3, 0.4) is 0 Å². The van der Waals surface area contributed by atoms with Gasteiger partial charge in [-0.25, -0.2) is 4.39 Å². The average molecular weight is 248 g/mol. The quantitative estimate of drug-likeness (QED) is 0.424. The SMILES string of the molecule is C=CCC(F)C(=O)C(F)(F)C(=O)C(F)(F)F. The Morgan fingerprint density at radius 2 is 1.62 bits per heavy atom. The van der Waals surface area contributed by atoms with E-state index >= 15 is 0 Å². The van der Waals surface area contributed by atoms with Gasteiger partial charge in [0, 0.05) is 6.42 Å². The molecule has 0 fully saturated rings. The smallest absolute Gasteiger partial charge is 0.289 e. The average Bonchev–Trinajstić information content (AvgIpc) is 2.14. The monoisotopic (exact) mass is 248 g/mol. The molecule has 8 heteroatoms. The minimum absolute atomic E-state index is 0.733. The Hall–Kier alpha value is -1.34. The lowest BCUT2D eigenvalue weighted by atomic mass is 10.0. The van der Waals surface area contributed by atoms with Crippen molar-refractivity contribution >= 4 is 11.6 Å². The molecule has 0 N–H and O–H groups in total. The first-order valence-electron chi connectivity index (χ1n) is 3.83. The Kier molecular flexibility index (Phi) is 4.28. The first-order chi connectivity index (χ1) is 7.05. The number of carbonyl (C=O) groups is 2. The number of rotatable bonds is 5. The number of ketones is 2. The van der Waals surface area contributed by atoms with Crippen LogP contribution in [0.4, 0.5) is 26.3 Å². The number of hydrogen-bond donors (Lipinski definition) is 0. The van der Waals surface area contributed by atoms with E-state index in [1.807, 2.05) is 0 Å². The highest BCUT2D eigenvalue weighted by Crippen LogP contribution is 2.30. The van der Waals surface area contributed by atoms with Crippen LogP contribution in [0.1, 0.15) is 6.42 Å². The number of halogens is 6. The second-order valence-electron chi connectivity index (χ2n) is 2.76. The largest absolute Gasteiger partial charge is 0.456 e. The van der Waals surface area contributed by atoms with Crippen molar-refractivity contribution in [1.29, 1.82) is 0 Å². The van der Waals surface area contributed by atoms with Crippen LogP contribution >= 0.6 is 0 Å². The fourth-order valence-electron chi connectivity index (χ4n) is 0.740. The fraction of sp³-hybridized carbons (Fsp3) is 0.500. The van der Waals surface area contributed by atoms with E-state index in [1.54, 1.807) is 0 Å². The van der Waals surface area contributed by atoms with Gasteiger partial charge in [-0.2, -0.15) is 22.0 Å². The maximum absolute atomic E-state index is 12.6. The van der Waals surface area contributed by atoms with Crippen molar-refractivity contribution < 1.29 is 35.9 Å². The van der Waals surface area contributed by atoms with Crippen molar-refractivity contribution in [3.05, 3.63) is 12.7 Å². The summed E-state index contributed by atoms with van der Waals surface area (Å²) in [5.74, 6) is -11.7. The summed E-state index contributed by atoms with van der Waals surface area (Å²) in [6, 6.07) is 0. The molecule has 0 aliphatic carbocycles. The number of alkyl halides is 6. The third kappa shape index (κ3) is 3.07. The van der Waals surface area contributed by atoms with Gasteiger partial charge in [-0.15, -0.1) is 6.58 Å². The Morgan fingerprint density at radius 1 is 1.19 bits per heavy atom. The number of carbonyl (C=O) groups excluding carboxylic acids is 2. The van der Waals surface area contributed by atoms with Gasteiger partial charge in [0.15, 0.2) is 6.17 Å². The third-order valence-corrected chi connectivity index (χ3v) is 1.51. The first kappa shape index (κ1) is 14.7. The van der Waals surface area contributed by atoms with Crippen molar-refractivity contribution in [2.24, 2.45) is 0 Å². The lowest BCUT2D eigenvalue weighted by Gasteiger charge is -2.16. The molecule has 0 spiro atoms. The predicted octanol–water partition coefficient (Wildman–Crippen LogP) is 2.24. The van der Waals surface area contributed by atoms with E-state index in [4.69, 9.17) is 0 Å². The van der Waals surface area contributed by atoms with Crippen LogP contribution in [0.25, 0.3) is 0 Å². The zero-order chi connectivity index (χ0) is 13.1. The van der Waals surface area contributed by atoms with Crippen LogP contribution in [-0.4, -0.2) is 29.8 Å². The van der Waals surface area contributed by atoms with Gasteiger partial charge < -0.3 is 0 Å². The van der Waals surface area contributed by atoms with E-state index < -0.39 is 36.3 Å². The summed E-state index contributed by atoms with van der Waals surface area (Å²) in [5, 5.41) is 0.